The highest BCUT2D eigenvalue weighted by Gasteiger charge is 2.08. The number of rotatable bonds is 4. The number of pyridine rings is 1. The minimum absolute atomic E-state index is 0.0328. The van der Waals surface area contributed by atoms with Crippen LogP contribution in [0.1, 0.15) is 0 Å². The number of hydrogen-bond acceptors (Lipinski definition) is 4. The molecule has 4 nitrogen and oxygen atoms in total. The second kappa shape index (κ2) is 6.82. The number of anilines is 2. The predicted octanol–water partition coefficient (Wildman–Crippen LogP) is 4.69. The molecule has 3 aromatic rings. The number of halogens is 2. The Morgan fingerprint density at radius 3 is 2.32 bits per heavy atom. The summed E-state index contributed by atoms with van der Waals surface area (Å²) < 4.78 is 36.3. The highest BCUT2D eigenvalue weighted by atomic mass is 35.5. The fourth-order valence-corrected chi connectivity index (χ4v) is 3.11. The number of benzene rings is 2. The number of nitrogens with zero attached hydrogens (tertiary/aromatic N) is 1. The first-order valence-corrected chi connectivity index (χ1v) is 9.57. The zero-order valence-electron chi connectivity index (χ0n) is 13.2. The molecule has 0 unspecified atom stereocenters. The Morgan fingerprint density at radius 2 is 1.68 bits per heavy atom. The topological polar surface area (TPSA) is 59.1 Å². The second-order valence-corrected chi connectivity index (χ2v) is 7.94. The molecule has 25 heavy (non-hydrogen) atoms. The summed E-state index contributed by atoms with van der Waals surface area (Å²) >= 11 is 5.78. The Hall–Kier alpha value is -2.44. The van der Waals surface area contributed by atoms with Gasteiger partial charge in [-0.25, -0.2) is 12.8 Å². The van der Waals surface area contributed by atoms with E-state index in [1.54, 1.807) is 42.7 Å². The average molecular weight is 377 g/mol. The van der Waals surface area contributed by atoms with Gasteiger partial charge in [0, 0.05) is 23.7 Å². The van der Waals surface area contributed by atoms with Crippen LogP contribution in [-0.2, 0) is 9.84 Å². The van der Waals surface area contributed by atoms with Gasteiger partial charge in [0.15, 0.2) is 9.84 Å². The van der Waals surface area contributed by atoms with Crippen molar-refractivity contribution in [2.24, 2.45) is 0 Å². The fraction of sp³-hybridized carbons (Fsp3) is 0.0556. The van der Waals surface area contributed by atoms with E-state index in [2.05, 4.69) is 10.3 Å². The van der Waals surface area contributed by atoms with E-state index in [0.29, 0.717) is 11.4 Å². The van der Waals surface area contributed by atoms with E-state index in [0.717, 1.165) is 11.1 Å². The molecule has 2 aromatic carbocycles. The Kier molecular flexibility index (Phi) is 4.74. The van der Waals surface area contributed by atoms with Crippen molar-refractivity contribution in [3.05, 3.63) is 71.8 Å². The van der Waals surface area contributed by atoms with Crippen LogP contribution in [0.15, 0.2) is 65.8 Å². The molecule has 1 N–H and O–H groups in total. The minimum atomic E-state index is -3.23. The first-order valence-electron chi connectivity index (χ1n) is 7.30. The number of nitrogens with one attached hydrogen (secondary N) is 1. The number of aromatic nitrogens is 1. The smallest absolute Gasteiger partial charge is 0.175 e. The Morgan fingerprint density at radius 1 is 0.960 bits per heavy atom. The highest BCUT2D eigenvalue weighted by molar-refractivity contribution is 7.90. The molecule has 0 aliphatic carbocycles. The van der Waals surface area contributed by atoms with Crippen LogP contribution in [0.5, 0.6) is 0 Å². The zero-order chi connectivity index (χ0) is 18.0. The van der Waals surface area contributed by atoms with Gasteiger partial charge in [0.25, 0.3) is 0 Å². The summed E-state index contributed by atoms with van der Waals surface area (Å²) in [4.78, 5) is 4.44. The van der Waals surface area contributed by atoms with Gasteiger partial charge < -0.3 is 5.32 Å². The molecule has 0 saturated carbocycles. The molecule has 0 atom stereocenters. The quantitative estimate of drug-likeness (QED) is 0.717. The van der Waals surface area contributed by atoms with Crippen LogP contribution in [0.4, 0.5) is 15.8 Å². The number of sulfone groups is 1. The van der Waals surface area contributed by atoms with Crippen LogP contribution in [0.25, 0.3) is 11.1 Å². The first-order chi connectivity index (χ1) is 11.8. The summed E-state index contributed by atoms with van der Waals surface area (Å²) in [6, 6.07) is 12.8. The third-order valence-electron chi connectivity index (χ3n) is 3.56. The lowest BCUT2D eigenvalue weighted by Gasteiger charge is -2.09. The third kappa shape index (κ3) is 4.15. The normalized spacial score (nSPS) is 11.3. The van der Waals surface area contributed by atoms with Gasteiger partial charge in [-0.2, -0.15) is 0 Å². The summed E-state index contributed by atoms with van der Waals surface area (Å²) in [6.07, 6.45) is 4.48. The van der Waals surface area contributed by atoms with Crippen LogP contribution in [0.3, 0.4) is 0 Å². The van der Waals surface area contributed by atoms with Crippen LogP contribution < -0.4 is 5.32 Å². The lowest BCUT2D eigenvalue weighted by molar-refractivity contribution is 0.602. The second-order valence-electron chi connectivity index (χ2n) is 5.51. The average Bonchev–Trinajstić information content (AvgIpc) is 2.58. The number of hydrogen-bond donors (Lipinski definition) is 1. The molecule has 0 fully saturated rings. The maximum Gasteiger partial charge on any atom is 0.175 e. The third-order valence-corrected chi connectivity index (χ3v) is 4.98. The van der Waals surface area contributed by atoms with Crippen molar-refractivity contribution in [1.29, 1.82) is 0 Å². The van der Waals surface area contributed by atoms with E-state index in [-0.39, 0.29) is 9.92 Å². The molecular weight excluding hydrogens is 363 g/mol. The molecule has 0 bridgehead atoms. The van der Waals surface area contributed by atoms with Gasteiger partial charge in [-0.1, -0.05) is 23.7 Å². The summed E-state index contributed by atoms with van der Waals surface area (Å²) in [5.74, 6) is -0.481. The largest absolute Gasteiger partial charge is 0.354 e. The van der Waals surface area contributed by atoms with Crippen molar-refractivity contribution in [3.63, 3.8) is 0 Å². The maximum absolute atomic E-state index is 13.2. The lowest BCUT2D eigenvalue weighted by Crippen LogP contribution is -1.96. The first kappa shape index (κ1) is 17.4. The minimum Gasteiger partial charge on any atom is -0.354 e. The monoisotopic (exact) mass is 376 g/mol. The van der Waals surface area contributed by atoms with Crippen molar-refractivity contribution in [3.8, 4) is 11.1 Å². The molecule has 0 radical (unpaired) electrons. The molecular formula is C18H14ClFN2O2S. The summed E-state index contributed by atoms with van der Waals surface area (Å²) in [5.41, 5.74) is 2.99. The Bertz CT molecular complexity index is 1020. The predicted molar refractivity (Wildman–Crippen MR) is 97.5 cm³/mol. The van der Waals surface area contributed by atoms with Crippen molar-refractivity contribution < 1.29 is 12.8 Å². The van der Waals surface area contributed by atoms with Crippen LogP contribution in [0, 0.1) is 5.82 Å². The van der Waals surface area contributed by atoms with Gasteiger partial charge in [-0.3, -0.25) is 4.98 Å². The fourth-order valence-electron chi connectivity index (χ4n) is 2.30. The lowest BCUT2D eigenvalue weighted by atomic mass is 10.1. The maximum atomic E-state index is 13.2. The van der Waals surface area contributed by atoms with Gasteiger partial charge in [0.1, 0.15) is 5.82 Å². The summed E-state index contributed by atoms with van der Waals surface area (Å²) in [7, 11) is -3.23. The van der Waals surface area contributed by atoms with E-state index in [9.17, 15) is 12.8 Å². The molecule has 0 saturated heterocycles. The van der Waals surface area contributed by atoms with Gasteiger partial charge in [0.05, 0.1) is 21.8 Å². The van der Waals surface area contributed by atoms with Crippen molar-refractivity contribution in [2.45, 2.75) is 4.90 Å². The Balaban J connectivity index is 1.87. The summed E-state index contributed by atoms with van der Waals surface area (Å²) in [5, 5.41) is 3.14. The van der Waals surface area contributed by atoms with E-state index in [1.807, 2.05) is 6.07 Å². The van der Waals surface area contributed by atoms with E-state index in [1.165, 1.54) is 18.4 Å². The molecule has 7 heteroatoms. The Labute approximate surface area is 150 Å². The van der Waals surface area contributed by atoms with Crippen LogP contribution >= 0.6 is 11.6 Å². The van der Waals surface area contributed by atoms with Crippen molar-refractivity contribution in [1.82, 2.24) is 4.98 Å². The molecule has 1 aromatic heterocycles. The van der Waals surface area contributed by atoms with Crippen molar-refractivity contribution >= 4 is 32.8 Å². The van der Waals surface area contributed by atoms with Gasteiger partial charge in [-0.05, 0) is 42.0 Å². The van der Waals surface area contributed by atoms with E-state index in [4.69, 9.17) is 11.6 Å². The van der Waals surface area contributed by atoms with Gasteiger partial charge >= 0.3 is 0 Å². The van der Waals surface area contributed by atoms with Crippen molar-refractivity contribution in [2.75, 3.05) is 11.6 Å². The SMILES string of the molecule is CS(=O)(=O)c1ccc(-c2cncc(Nc3ccc(F)c(Cl)c3)c2)cc1. The standard InChI is InChI=1S/C18H14ClFN2O2S/c1-25(23,24)16-5-2-12(3-6-16)13-8-15(11-21-10-13)22-14-4-7-18(20)17(19)9-14/h2-11,22H,1H3. The van der Waals surface area contributed by atoms with E-state index < -0.39 is 15.7 Å². The highest BCUT2D eigenvalue weighted by Crippen LogP contribution is 2.26. The molecule has 0 aliphatic rings. The van der Waals surface area contributed by atoms with E-state index >= 15 is 0 Å². The molecule has 1 heterocycles. The van der Waals surface area contributed by atoms with Crippen LogP contribution in [0.2, 0.25) is 5.02 Å². The molecule has 0 spiro atoms. The van der Waals surface area contributed by atoms with Gasteiger partial charge in [-0.15, -0.1) is 0 Å². The van der Waals surface area contributed by atoms with Gasteiger partial charge in [0.2, 0.25) is 0 Å². The summed E-state index contributed by atoms with van der Waals surface area (Å²) in [6.45, 7) is 0. The molecule has 3 rings (SSSR count). The van der Waals surface area contributed by atoms with Crippen LogP contribution in [-0.4, -0.2) is 19.7 Å². The molecule has 128 valence electrons. The molecule has 0 amide bonds. The molecule has 0 aliphatic heterocycles. The zero-order valence-corrected chi connectivity index (χ0v) is 14.8.